The van der Waals surface area contributed by atoms with Gasteiger partial charge in [0.25, 0.3) is 5.91 Å². The van der Waals surface area contributed by atoms with Crippen LogP contribution in [-0.4, -0.2) is 52.6 Å². The zero-order chi connectivity index (χ0) is 18.0. The molecule has 0 N–H and O–H groups in total. The number of nitrogens with zero attached hydrogens (tertiary/aromatic N) is 2. The fourth-order valence-corrected chi connectivity index (χ4v) is 4.53. The summed E-state index contributed by atoms with van der Waals surface area (Å²) in [6.45, 7) is 6.74. The summed E-state index contributed by atoms with van der Waals surface area (Å²) in [5, 5.41) is 0. The molecule has 2 aliphatic heterocycles. The van der Waals surface area contributed by atoms with Crippen LogP contribution in [-0.2, 0) is 14.4 Å². The summed E-state index contributed by atoms with van der Waals surface area (Å²) in [6.07, 6.45) is 11.1. The third-order valence-electron chi connectivity index (χ3n) is 5.78. The van der Waals surface area contributed by atoms with Gasteiger partial charge in [0.2, 0.25) is 5.91 Å². The molecule has 0 aromatic rings. The summed E-state index contributed by atoms with van der Waals surface area (Å²) in [5.74, 6) is -0.154. The molecule has 1 atom stereocenters. The molecular weight excluding hydrogens is 316 g/mol. The number of carbonyl (C=O) groups is 3. The molecule has 5 nitrogen and oxygen atoms in total. The van der Waals surface area contributed by atoms with Gasteiger partial charge in [0.05, 0.1) is 6.04 Å². The van der Waals surface area contributed by atoms with Crippen LogP contribution in [0.5, 0.6) is 0 Å². The van der Waals surface area contributed by atoms with E-state index < -0.39 is 5.54 Å². The highest BCUT2D eigenvalue weighted by molar-refractivity contribution is 6.04. The van der Waals surface area contributed by atoms with Crippen LogP contribution in [0.3, 0.4) is 0 Å². The minimum atomic E-state index is -0.805. The van der Waals surface area contributed by atoms with E-state index in [9.17, 15) is 14.4 Å². The van der Waals surface area contributed by atoms with Crippen LogP contribution >= 0.6 is 0 Å². The number of likely N-dealkylation sites (tertiary alicyclic amines) is 1. The number of carbonyl (C=O) groups excluding carboxylic acids is 3. The fraction of sp³-hybridized carbons (Fsp3) is 0.550. The second-order valence-corrected chi connectivity index (χ2v) is 7.12. The molecule has 134 valence electrons. The molecule has 1 unspecified atom stereocenters. The number of hydrogen-bond acceptors (Lipinski definition) is 3. The van der Waals surface area contributed by atoms with Crippen molar-refractivity contribution in [2.75, 3.05) is 13.1 Å². The fourth-order valence-electron chi connectivity index (χ4n) is 4.53. The van der Waals surface area contributed by atoms with E-state index >= 15 is 0 Å². The molecule has 2 amide bonds. The zero-order valence-electron chi connectivity index (χ0n) is 14.9. The highest BCUT2D eigenvalue weighted by Crippen LogP contribution is 2.42. The molecule has 1 aliphatic carbocycles. The lowest BCUT2D eigenvalue weighted by atomic mass is 9.92. The first-order chi connectivity index (χ1) is 12.1. The van der Waals surface area contributed by atoms with E-state index in [0.29, 0.717) is 31.5 Å². The Balaban J connectivity index is 1.94. The number of aldehydes is 1. The molecule has 0 spiro atoms. The summed E-state index contributed by atoms with van der Waals surface area (Å²) >= 11 is 0. The number of amides is 2. The lowest BCUT2D eigenvalue weighted by molar-refractivity contribution is -0.152. The molecule has 2 fully saturated rings. The normalized spacial score (nSPS) is 26.1. The first-order valence-electron chi connectivity index (χ1n) is 9.15. The standard InChI is InChI=1S/C20H26N2O3/c1-3-8-15-13-22(18(24)17(15)4-2)20(10-5-6-11-20)19(25)21-12-7-9-16(21)14-23/h3-4,8,14,16H,2,5-7,9-13H2,1H3/b8-3-. The summed E-state index contributed by atoms with van der Waals surface area (Å²) in [6, 6.07) is -0.343. The number of hydrogen-bond donors (Lipinski definition) is 0. The molecule has 2 heterocycles. The van der Waals surface area contributed by atoms with Gasteiger partial charge in [-0.3, -0.25) is 9.59 Å². The highest BCUT2D eigenvalue weighted by atomic mass is 16.2. The maximum Gasteiger partial charge on any atom is 0.255 e. The Morgan fingerprint density at radius 2 is 2.00 bits per heavy atom. The molecule has 3 aliphatic rings. The lowest BCUT2D eigenvalue weighted by Gasteiger charge is -2.41. The minimum absolute atomic E-state index is 0.0434. The van der Waals surface area contributed by atoms with Crippen molar-refractivity contribution in [1.29, 1.82) is 0 Å². The van der Waals surface area contributed by atoms with Crippen molar-refractivity contribution in [1.82, 2.24) is 9.80 Å². The molecule has 1 saturated heterocycles. The van der Waals surface area contributed by atoms with E-state index in [1.54, 1.807) is 15.9 Å². The van der Waals surface area contributed by atoms with Crippen LogP contribution < -0.4 is 0 Å². The highest BCUT2D eigenvalue weighted by Gasteiger charge is 2.53. The molecule has 0 radical (unpaired) electrons. The first-order valence-corrected chi connectivity index (χ1v) is 9.15. The quantitative estimate of drug-likeness (QED) is 0.721. The van der Waals surface area contributed by atoms with Crippen LogP contribution in [0, 0.1) is 0 Å². The van der Waals surface area contributed by atoms with Crippen molar-refractivity contribution in [3.05, 3.63) is 36.0 Å². The molecule has 0 aromatic heterocycles. The zero-order valence-corrected chi connectivity index (χ0v) is 14.9. The molecular formula is C20H26N2O3. The summed E-state index contributed by atoms with van der Waals surface area (Å²) in [4.78, 5) is 41.3. The smallest absolute Gasteiger partial charge is 0.255 e. The maximum atomic E-state index is 13.4. The van der Waals surface area contributed by atoms with E-state index in [0.717, 1.165) is 37.5 Å². The van der Waals surface area contributed by atoms with Crippen LogP contribution in [0.1, 0.15) is 45.4 Å². The summed E-state index contributed by atoms with van der Waals surface area (Å²) < 4.78 is 0. The average molecular weight is 342 g/mol. The molecule has 0 aromatic carbocycles. The first kappa shape index (κ1) is 17.6. The van der Waals surface area contributed by atoms with E-state index in [4.69, 9.17) is 0 Å². The van der Waals surface area contributed by atoms with E-state index in [1.807, 2.05) is 19.1 Å². The molecule has 5 heteroatoms. The Labute approximate surface area is 149 Å². The van der Waals surface area contributed by atoms with E-state index in [-0.39, 0.29) is 17.9 Å². The summed E-state index contributed by atoms with van der Waals surface area (Å²) in [5.41, 5.74) is 0.695. The Morgan fingerprint density at radius 3 is 2.60 bits per heavy atom. The van der Waals surface area contributed by atoms with Gasteiger partial charge in [-0.1, -0.05) is 37.6 Å². The van der Waals surface area contributed by atoms with Crippen LogP contribution in [0.4, 0.5) is 0 Å². The van der Waals surface area contributed by atoms with Crippen molar-refractivity contribution in [2.24, 2.45) is 0 Å². The van der Waals surface area contributed by atoms with Gasteiger partial charge in [0.15, 0.2) is 0 Å². The molecule has 0 bridgehead atoms. The number of allylic oxidation sites excluding steroid dienone is 1. The third kappa shape index (κ3) is 2.75. The predicted octanol–water partition coefficient (Wildman–Crippen LogP) is 2.39. The van der Waals surface area contributed by atoms with E-state index in [1.165, 1.54) is 0 Å². The van der Waals surface area contributed by atoms with Gasteiger partial charge in [-0.05, 0) is 38.2 Å². The Hall–Kier alpha value is -2.17. The van der Waals surface area contributed by atoms with Gasteiger partial charge in [-0.2, -0.15) is 0 Å². The largest absolute Gasteiger partial charge is 0.331 e. The SMILES string of the molecule is C=CC1=C(/C=C\C)CN(C2(C(=O)N3CCCC3C=O)CCCC2)C1=O. The molecule has 1 saturated carbocycles. The Bertz CT molecular complexity index is 656. The average Bonchev–Trinajstić information content (AvgIpc) is 3.33. The van der Waals surface area contributed by atoms with Crippen LogP contribution in [0.15, 0.2) is 36.0 Å². The Kier molecular flexibility index (Phi) is 4.93. The molecule has 3 rings (SSSR count). The third-order valence-corrected chi connectivity index (χ3v) is 5.78. The second kappa shape index (κ2) is 6.98. The summed E-state index contributed by atoms with van der Waals surface area (Å²) in [7, 11) is 0. The van der Waals surface area contributed by atoms with Crippen LogP contribution in [0.25, 0.3) is 0 Å². The monoisotopic (exact) mass is 342 g/mol. The topological polar surface area (TPSA) is 57.7 Å². The van der Waals surface area contributed by atoms with Gasteiger partial charge in [-0.15, -0.1) is 0 Å². The number of rotatable bonds is 5. The predicted molar refractivity (Wildman–Crippen MR) is 95.7 cm³/mol. The van der Waals surface area contributed by atoms with Crippen molar-refractivity contribution in [3.63, 3.8) is 0 Å². The van der Waals surface area contributed by atoms with Gasteiger partial charge in [0.1, 0.15) is 11.8 Å². The van der Waals surface area contributed by atoms with Gasteiger partial charge < -0.3 is 14.6 Å². The van der Waals surface area contributed by atoms with Crippen LogP contribution in [0.2, 0.25) is 0 Å². The minimum Gasteiger partial charge on any atom is -0.331 e. The van der Waals surface area contributed by atoms with Gasteiger partial charge in [0, 0.05) is 18.7 Å². The Morgan fingerprint density at radius 1 is 1.28 bits per heavy atom. The molecule has 25 heavy (non-hydrogen) atoms. The van der Waals surface area contributed by atoms with Crippen molar-refractivity contribution in [2.45, 2.75) is 57.0 Å². The van der Waals surface area contributed by atoms with Crippen molar-refractivity contribution < 1.29 is 14.4 Å². The van der Waals surface area contributed by atoms with E-state index in [2.05, 4.69) is 6.58 Å². The van der Waals surface area contributed by atoms with Crippen molar-refractivity contribution >= 4 is 18.1 Å². The van der Waals surface area contributed by atoms with Crippen molar-refractivity contribution in [3.8, 4) is 0 Å². The maximum absolute atomic E-state index is 13.4. The lowest BCUT2D eigenvalue weighted by Crippen LogP contribution is -2.60. The second-order valence-electron chi connectivity index (χ2n) is 7.12. The van der Waals surface area contributed by atoms with Gasteiger partial charge >= 0.3 is 0 Å². The van der Waals surface area contributed by atoms with Gasteiger partial charge in [-0.25, -0.2) is 0 Å².